The van der Waals surface area contributed by atoms with E-state index in [1.807, 2.05) is 0 Å². The molecule has 2 N–H and O–H groups in total. The summed E-state index contributed by atoms with van der Waals surface area (Å²) in [4.78, 5) is 0. The minimum Gasteiger partial charge on any atom is -0.394 e. The van der Waals surface area contributed by atoms with Gasteiger partial charge in [-0.2, -0.15) is 0 Å². The maximum absolute atomic E-state index is 9.84. The number of ether oxygens (including phenoxy) is 2. The molecule has 2 atom stereocenters. The van der Waals surface area contributed by atoms with E-state index in [-0.39, 0.29) is 6.61 Å². The molecule has 0 saturated heterocycles. The first-order valence-electron chi connectivity index (χ1n) is 6.65. The van der Waals surface area contributed by atoms with Gasteiger partial charge in [0.15, 0.2) is 0 Å². The molecule has 0 heterocycles. The first-order valence-corrected chi connectivity index (χ1v) is 6.65. The number of rotatable bonds is 12. The van der Waals surface area contributed by atoms with Crippen LogP contribution in [0.5, 0.6) is 0 Å². The number of methoxy groups -OCH3 is 1. The van der Waals surface area contributed by atoms with Crippen LogP contribution in [-0.2, 0) is 9.47 Å². The molecule has 0 aliphatic heterocycles. The summed E-state index contributed by atoms with van der Waals surface area (Å²) >= 11 is 0. The van der Waals surface area contributed by atoms with Crippen molar-refractivity contribution in [3.8, 4) is 0 Å². The van der Waals surface area contributed by atoms with Crippen molar-refractivity contribution in [2.24, 2.45) is 0 Å². The molecule has 4 nitrogen and oxygen atoms in total. The monoisotopic (exact) mass is 248 g/mol. The van der Waals surface area contributed by atoms with Gasteiger partial charge in [-0.05, 0) is 6.42 Å². The highest BCUT2D eigenvalue weighted by Gasteiger charge is 2.18. The Morgan fingerprint density at radius 1 is 1.06 bits per heavy atom. The predicted octanol–water partition coefficient (Wildman–Crippen LogP) is 1.73. The van der Waals surface area contributed by atoms with Crippen molar-refractivity contribution < 1.29 is 19.7 Å². The van der Waals surface area contributed by atoms with Crippen molar-refractivity contribution in [3.05, 3.63) is 0 Å². The van der Waals surface area contributed by atoms with E-state index >= 15 is 0 Å². The van der Waals surface area contributed by atoms with Crippen molar-refractivity contribution >= 4 is 0 Å². The van der Waals surface area contributed by atoms with Crippen LogP contribution in [0.15, 0.2) is 0 Å². The Kier molecular flexibility index (Phi) is 12.2. The highest BCUT2D eigenvalue weighted by atomic mass is 16.5. The molecule has 0 aliphatic carbocycles. The average Bonchev–Trinajstić information content (AvgIpc) is 2.34. The van der Waals surface area contributed by atoms with Crippen molar-refractivity contribution in [1.82, 2.24) is 0 Å². The molecule has 17 heavy (non-hydrogen) atoms. The van der Waals surface area contributed by atoms with E-state index < -0.39 is 12.2 Å². The molecule has 2 unspecified atom stereocenters. The molecule has 0 fully saturated rings. The van der Waals surface area contributed by atoms with E-state index in [1.54, 1.807) is 7.11 Å². The summed E-state index contributed by atoms with van der Waals surface area (Å²) in [6, 6.07) is 0. The molecule has 0 aliphatic rings. The standard InChI is InChI=1S/C13H28O4/c1-3-4-5-6-7-8-12(15)13(11-14)17-10-9-16-2/h12-15H,3-11H2,1-2H3. The Bertz CT molecular complexity index is 152. The maximum atomic E-state index is 9.84. The third kappa shape index (κ3) is 9.53. The molecule has 0 aromatic rings. The Balaban J connectivity index is 3.57. The fourth-order valence-corrected chi connectivity index (χ4v) is 1.71. The lowest BCUT2D eigenvalue weighted by Gasteiger charge is -2.21. The van der Waals surface area contributed by atoms with E-state index in [0.717, 1.165) is 12.8 Å². The molecule has 0 radical (unpaired) electrons. The summed E-state index contributed by atoms with van der Waals surface area (Å²) in [6.07, 6.45) is 5.48. The molecule has 0 bridgehead atoms. The van der Waals surface area contributed by atoms with Crippen LogP contribution in [0.2, 0.25) is 0 Å². The maximum Gasteiger partial charge on any atom is 0.106 e. The predicted molar refractivity (Wildman–Crippen MR) is 68.1 cm³/mol. The summed E-state index contributed by atoms with van der Waals surface area (Å²) in [5.41, 5.74) is 0. The summed E-state index contributed by atoms with van der Waals surface area (Å²) in [5, 5.41) is 18.9. The zero-order valence-electron chi connectivity index (χ0n) is 11.2. The third-order valence-electron chi connectivity index (χ3n) is 2.83. The van der Waals surface area contributed by atoms with Gasteiger partial charge in [0.2, 0.25) is 0 Å². The Labute approximate surface area is 105 Å². The summed E-state index contributed by atoms with van der Waals surface area (Å²) in [6.45, 7) is 2.94. The lowest BCUT2D eigenvalue weighted by Crippen LogP contribution is -2.33. The number of aliphatic hydroxyl groups is 2. The second kappa shape index (κ2) is 12.3. The van der Waals surface area contributed by atoms with Crippen molar-refractivity contribution in [2.45, 2.75) is 57.7 Å². The van der Waals surface area contributed by atoms with Crippen molar-refractivity contribution in [2.75, 3.05) is 26.9 Å². The van der Waals surface area contributed by atoms with Crippen LogP contribution in [0.4, 0.5) is 0 Å². The van der Waals surface area contributed by atoms with E-state index in [0.29, 0.717) is 19.6 Å². The van der Waals surface area contributed by atoms with Gasteiger partial charge in [-0.3, -0.25) is 0 Å². The fraction of sp³-hybridized carbons (Fsp3) is 1.00. The minimum absolute atomic E-state index is 0.139. The summed E-state index contributed by atoms with van der Waals surface area (Å²) in [5.74, 6) is 0. The molecule has 0 spiro atoms. The van der Waals surface area contributed by atoms with Crippen LogP contribution >= 0.6 is 0 Å². The van der Waals surface area contributed by atoms with Gasteiger partial charge < -0.3 is 19.7 Å². The van der Waals surface area contributed by atoms with Crippen molar-refractivity contribution in [3.63, 3.8) is 0 Å². The molecule has 0 aromatic carbocycles. The van der Waals surface area contributed by atoms with Gasteiger partial charge in [0.05, 0.1) is 25.9 Å². The topological polar surface area (TPSA) is 58.9 Å². The Morgan fingerprint density at radius 2 is 1.76 bits per heavy atom. The molecular weight excluding hydrogens is 220 g/mol. The van der Waals surface area contributed by atoms with E-state index in [2.05, 4.69) is 6.92 Å². The normalized spacial score (nSPS) is 14.8. The van der Waals surface area contributed by atoms with Gasteiger partial charge in [-0.1, -0.05) is 39.0 Å². The minimum atomic E-state index is -0.571. The summed E-state index contributed by atoms with van der Waals surface area (Å²) < 4.78 is 10.2. The molecule has 0 amide bonds. The van der Waals surface area contributed by atoms with Gasteiger partial charge >= 0.3 is 0 Å². The van der Waals surface area contributed by atoms with Crippen molar-refractivity contribution in [1.29, 1.82) is 0 Å². The van der Waals surface area contributed by atoms with E-state index in [4.69, 9.17) is 14.6 Å². The third-order valence-corrected chi connectivity index (χ3v) is 2.83. The molecular formula is C13H28O4. The van der Waals surface area contributed by atoms with Gasteiger partial charge in [-0.25, -0.2) is 0 Å². The first-order chi connectivity index (χ1) is 8.26. The highest BCUT2D eigenvalue weighted by Crippen LogP contribution is 2.11. The van der Waals surface area contributed by atoms with Crippen LogP contribution < -0.4 is 0 Å². The lowest BCUT2D eigenvalue weighted by atomic mass is 10.0. The number of hydrogen-bond acceptors (Lipinski definition) is 4. The zero-order chi connectivity index (χ0) is 12.9. The highest BCUT2D eigenvalue weighted by molar-refractivity contribution is 4.68. The molecule has 4 heteroatoms. The van der Waals surface area contributed by atoms with Crippen LogP contribution in [0, 0.1) is 0 Å². The largest absolute Gasteiger partial charge is 0.394 e. The van der Waals surface area contributed by atoms with Crippen LogP contribution in [0.3, 0.4) is 0 Å². The number of hydrogen-bond donors (Lipinski definition) is 2. The Hall–Kier alpha value is -0.160. The first kappa shape index (κ1) is 16.8. The van der Waals surface area contributed by atoms with E-state index in [1.165, 1.54) is 19.3 Å². The van der Waals surface area contributed by atoms with Gasteiger partial charge in [-0.15, -0.1) is 0 Å². The van der Waals surface area contributed by atoms with Gasteiger partial charge in [0.25, 0.3) is 0 Å². The smallest absolute Gasteiger partial charge is 0.106 e. The van der Waals surface area contributed by atoms with Gasteiger partial charge in [0, 0.05) is 7.11 Å². The number of unbranched alkanes of at least 4 members (excludes halogenated alkanes) is 4. The zero-order valence-corrected chi connectivity index (χ0v) is 11.2. The SMILES string of the molecule is CCCCCCCC(O)C(CO)OCCOC. The van der Waals surface area contributed by atoms with Crippen LogP contribution in [0.25, 0.3) is 0 Å². The lowest BCUT2D eigenvalue weighted by molar-refractivity contribution is -0.0767. The molecule has 0 saturated carbocycles. The second-order valence-corrected chi connectivity index (χ2v) is 4.35. The van der Waals surface area contributed by atoms with Crippen LogP contribution in [-0.4, -0.2) is 49.4 Å². The van der Waals surface area contributed by atoms with Crippen LogP contribution in [0.1, 0.15) is 45.4 Å². The molecule has 0 aromatic heterocycles. The second-order valence-electron chi connectivity index (χ2n) is 4.35. The van der Waals surface area contributed by atoms with E-state index in [9.17, 15) is 5.11 Å². The number of aliphatic hydroxyl groups excluding tert-OH is 2. The molecule has 0 rings (SSSR count). The quantitative estimate of drug-likeness (QED) is 0.516. The molecule has 104 valence electrons. The average molecular weight is 248 g/mol. The fourth-order valence-electron chi connectivity index (χ4n) is 1.71. The van der Waals surface area contributed by atoms with Gasteiger partial charge in [0.1, 0.15) is 6.10 Å². The summed E-state index contributed by atoms with van der Waals surface area (Å²) in [7, 11) is 1.60. The Morgan fingerprint density at radius 3 is 2.35 bits per heavy atom.